The average Bonchev–Trinajstić information content (AvgIpc) is 2.62. The lowest BCUT2D eigenvalue weighted by molar-refractivity contribution is 0.0952. The highest BCUT2D eigenvalue weighted by Gasteiger charge is 2.11. The predicted molar refractivity (Wildman–Crippen MR) is 102 cm³/mol. The smallest absolute Gasteiger partial charge is 0.252 e. The summed E-state index contributed by atoms with van der Waals surface area (Å²) >= 11 is 9.46. The van der Waals surface area contributed by atoms with Gasteiger partial charge in [-0.25, -0.2) is 0 Å². The van der Waals surface area contributed by atoms with E-state index in [9.17, 15) is 4.79 Å². The van der Waals surface area contributed by atoms with Gasteiger partial charge in [-0.15, -0.1) is 0 Å². The van der Waals surface area contributed by atoms with Crippen molar-refractivity contribution < 1.29 is 9.53 Å². The van der Waals surface area contributed by atoms with Crippen LogP contribution in [0.15, 0.2) is 40.9 Å². The summed E-state index contributed by atoms with van der Waals surface area (Å²) in [6, 6.07) is 12.5. The van der Waals surface area contributed by atoms with Gasteiger partial charge in [0.2, 0.25) is 0 Å². The van der Waals surface area contributed by atoms with Crippen LogP contribution in [0.2, 0.25) is 5.02 Å². The molecular formula is C18H17BrClN3O2. The molecule has 7 heteroatoms. The third-order valence-electron chi connectivity index (χ3n) is 3.49. The van der Waals surface area contributed by atoms with E-state index in [4.69, 9.17) is 21.6 Å². The summed E-state index contributed by atoms with van der Waals surface area (Å²) in [6.45, 7) is 1.07. The number of carbonyl (C=O) groups is 1. The molecule has 5 nitrogen and oxygen atoms in total. The van der Waals surface area contributed by atoms with Crippen molar-refractivity contribution in [2.24, 2.45) is 0 Å². The van der Waals surface area contributed by atoms with Crippen molar-refractivity contribution in [1.29, 1.82) is 5.26 Å². The third kappa shape index (κ3) is 5.12. The molecule has 0 saturated carbocycles. The highest BCUT2D eigenvalue weighted by Crippen LogP contribution is 2.25. The number of ether oxygens (including phenoxy) is 1. The van der Waals surface area contributed by atoms with Crippen molar-refractivity contribution in [2.75, 3.05) is 25.5 Å². The van der Waals surface area contributed by atoms with Crippen molar-refractivity contribution >= 4 is 39.1 Å². The number of rotatable bonds is 7. The Bertz CT molecular complexity index is 805. The molecule has 2 rings (SSSR count). The molecule has 0 aliphatic rings. The van der Waals surface area contributed by atoms with E-state index >= 15 is 0 Å². The molecule has 0 bridgehead atoms. The van der Waals surface area contributed by atoms with Gasteiger partial charge in [-0.1, -0.05) is 17.7 Å². The first-order chi connectivity index (χ1) is 12.1. The molecule has 0 fully saturated rings. The van der Waals surface area contributed by atoms with E-state index in [1.54, 1.807) is 43.5 Å². The maximum atomic E-state index is 12.2. The van der Waals surface area contributed by atoms with Crippen LogP contribution in [0.3, 0.4) is 0 Å². The Labute approximate surface area is 160 Å². The van der Waals surface area contributed by atoms with Crippen LogP contribution in [-0.2, 0) is 0 Å². The molecule has 0 spiro atoms. The van der Waals surface area contributed by atoms with Gasteiger partial charge in [0, 0.05) is 17.6 Å². The number of para-hydroxylation sites is 1. The molecule has 2 aromatic rings. The first-order valence-electron chi connectivity index (χ1n) is 7.61. The molecule has 2 N–H and O–H groups in total. The minimum Gasteiger partial charge on any atom is -0.497 e. The van der Waals surface area contributed by atoms with Crippen molar-refractivity contribution in [3.05, 3.63) is 57.0 Å². The highest BCUT2D eigenvalue weighted by atomic mass is 79.9. The number of hydrogen-bond donors (Lipinski definition) is 2. The number of nitriles is 1. The molecule has 0 aromatic heterocycles. The Morgan fingerprint density at radius 2 is 2.12 bits per heavy atom. The van der Waals surface area contributed by atoms with Gasteiger partial charge < -0.3 is 15.4 Å². The van der Waals surface area contributed by atoms with Crippen LogP contribution in [-0.4, -0.2) is 26.1 Å². The molecule has 0 saturated heterocycles. The van der Waals surface area contributed by atoms with Crippen LogP contribution in [0.5, 0.6) is 5.75 Å². The summed E-state index contributed by atoms with van der Waals surface area (Å²) in [7, 11) is 1.56. The highest BCUT2D eigenvalue weighted by molar-refractivity contribution is 9.10. The van der Waals surface area contributed by atoms with E-state index in [1.165, 1.54) is 0 Å². The van der Waals surface area contributed by atoms with Gasteiger partial charge in [-0.2, -0.15) is 5.26 Å². The van der Waals surface area contributed by atoms with Crippen molar-refractivity contribution in [3.63, 3.8) is 0 Å². The molecular weight excluding hydrogens is 406 g/mol. The average molecular weight is 423 g/mol. The van der Waals surface area contributed by atoms with Gasteiger partial charge in [-0.3, -0.25) is 4.79 Å². The Kier molecular flexibility index (Phi) is 7.11. The van der Waals surface area contributed by atoms with Gasteiger partial charge in [0.25, 0.3) is 5.91 Å². The molecule has 0 aliphatic heterocycles. The predicted octanol–water partition coefficient (Wildman–Crippen LogP) is 4.21. The first-order valence-corrected chi connectivity index (χ1v) is 8.78. The summed E-state index contributed by atoms with van der Waals surface area (Å²) in [5.74, 6) is 0.444. The van der Waals surface area contributed by atoms with Gasteiger partial charge in [0.05, 0.1) is 28.9 Å². The Balaban J connectivity index is 1.84. The summed E-state index contributed by atoms with van der Waals surface area (Å²) in [5.41, 5.74) is 1.63. The van der Waals surface area contributed by atoms with Crippen molar-refractivity contribution in [2.45, 2.75) is 6.42 Å². The fraction of sp³-hybridized carbons (Fsp3) is 0.222. The van der Waals surface area contributed by atoms with Crippen LogP contribution in [0.1, 0.15) is 22.3 Å². The second kappa shape index (κ2) is 9.30. The second-order valence-electron chi connectivity index (χ2n) is 5.16. The minimum absolute atomic E-state index is 0.179. The third-order valence-corrected chi connectivity index (χ3v) is 4.50. The molecule has 0 atom stereocenters. The number of hydrogen-bond acceptors (Lipinski definition) is 4. The number of nitrogens with one attached hydrogen (secondary N) is 2. The maximum absolute atomic E-state index is 12.2. The van der Waals surface area contributed by atoms with Crippen molar-refractivity contribution in [1.82, 2.24) is 5.32 Å². The largest absolute Gasteiger partial charge is 0.497 e. The van der Waals surface area contributed by atoms with Crippen LogP contribution >= 0.6 is 27.5 Å². The molecule has 0 unspecified atom stereocenters. The zero-order chi connectivity index (χ0) is 18.2. The Morgan fingerprint density at radius 1 is 1.32 bits per heavy atom. The van der Waals surface area contributed by atoms with Crippen LogP contribution in [0, 0.1) is 11.3 Å². The monoisotopic (exact) mass is 421 g/mol. The Morgan fingerprint density at radius 3 is 2.84 bits per heavy atom. The first kappa shape index (κ1) is 19.1. The van der Waals surface area contributed by atoms with Gasteiger partial charge in [0.15, 0.2) is 0 Å². The number of carbonyl (C=O) groups excluding carboxylic acids is 1. The molecule has 25 heavy (non-hydrogen) atoms. The minimum atomic E-state index is -0.179. The molecule has 2 aromatic carbocycles. The van der Waals surface area contributed by atoms with Crippen molar-refractivity contribution in [3.8, 4) is 11.8 Å². The zero-order valence-electron chi connectivity index (χ0n) is 13.6. The standard InChI is InChI=1S/C18H17BrClN3O2/c1-25-13-6-7-15(19)14(10-13)18(24)23-9-3-8-22-17-12(11-21)4-2-5-16(17)20/h2,4-7,10,22H,3,8-9H2,1H3,(H,23,24). The van der Waals surface area contributed by atoms with Gasteiger partial charge in [-0.05, 0) is 52.7 Å². The van der Waals surface area contributed by atoms with E-state index in [1.807, 2.05) is 0 Å². The second-order valence-corrected chi connectivity index (χ2v) is 6.42. The lowest BCUT2D eigenvalue weighted by Crippen LogP contribution is -2.26. The van der Waals surface area contributed by atoms with E-state index in [-0.39, 0.29) is 5.91 Å². The number of methoxy groups -OCH3 is 1. The number of anilines is 1. The molecule has 0 heterocycles. The molecule has 1 amide bonds. The number of halogens is 2. The number of benzene rings is 2. The summed E-state index contributed by atoms with van der Waals surface area (Å²) < 4.78 is 5.84. The Hall–Kier alpha value is -2.23. The van der Waals surface area contributed by atoms with Crippen LogP contribution in [0.25, 0.3) is 0 Å². The summed E-state index contributed by atoms with van der Waals surface area (Å²) in [6.07, 6.45) is 0.684. The van der Waals surface area contributed by atoms with E-state index < -0.39 is 0 Å². The zero-order valence-corrected chi connectivity index (χ0v) is 15.9. The normalized spacial score (nSPS) is 10.0. The number of amides is 1. The topological polar surface area (TPSA) is 74.2 Å². The molecule has 0 aliphatic carbocycles. The van der Waals surface area contributed by atoms with Crippen LogP contribution < -0.4 is 15.4 Å². The van der Waals surface area contributed by atoms with E-state index in [0.29, 0.717) is 51.6 Å². The summed E-state index contributed by atoms with van der Waals surface area (Å²) in [4.78, 5) is 12.2. The van der Waals surface area contributed by atoms with E-state index in [0.717, 1.165) is 0 Å². The lowest BCUT2D eigenvalue weighted by Gasteiger charge is -2.11. The molecule has 130 valence electrons. The quantitative estimate of drug-likeness (QED) is 0.655. The van der Waals surface area contributed by atoms with Crippen LogP contribution in [0.4, 0.5) is 5.69 Å². The lowest BCUT2D eigenvalue weighted by atomic mass is 10.2. The van der Waals surface area contributed by atoms with Gasteiger partial charge >= 0.3 is 0 Å². The number of nitrogens with zero attached hydrogens (tertiary/aromatic N) is 1. The molecule has 0 radical (unpaired) electrons. The SMILES string of the molecule is COc1ccc(Br)c(C(=O)NCCCNc2c(Cl)cccc2C#N)c1. The fourth-order valence-electron chi connectivity index (χ4n) is 2.20. The van der Waals surface area contributed by atoms with E-state index in [2.05, 4.69) is 32.6 Å². The summed E-state index contributed by atoms with van der Waals surface area (Å²) in [5, 5.41) is 15.6. The fourth-order valence-corrected chi connectivity index (χ4v) is 2.87. The maximum Gasteiger partial charge on any atom is 0.252 e. The van der Waals surface area contributed by atoms with Gasteiger partial charge in [0.1, 0.15) is 11.8 Å².